The van der Waals surface area contributed by atoms with Gasteiger partial charge in [-0.25, -0.2) is 9.59 Å². The number of hydrogen-bond acceptors (Lipinski definition) is 4. The van der Waals surface area contributed by atoms with Crippen LogP contribution in [-0.4, -0.2) is 41.4 Å². The van der Waals surface area contributed by atoms with Crippen molar-refractivity contribution in [1.29, 1.82) is 0 Å². The molecular formula is C25H31BrN2O4. The molecule has 1 N–H and O–H groups in total. The second kappa shape index (κ2) is 8.77. The van der Waals surface area contributed by atoms with Gasteiger partial charge in [-0.15, -0.1) is 0 Å². The molecule has 6 nitrogen and oxygen atoms in total. The van der Waals surface area contributed by atoms with Crippen molar-refractivity contribution in [1.82, 2.24) is 10.2 Å². The molecule has 32 heavy (non-hydrogen) atoms. The Morgan fingerprint density at radius 3 is 2.03 bits per heavy atom. The number of amides is 2. The van der Waals surface area contributed by atoms with Crippen molar-refractivity contribution in [2.24, 2.45) is 0 Å². The van der Waals surface area contributed by atoms with Gasteiger partial charge < -0.3 is 19.7 Å². The van der Waals surface area contributed by atoms with E-state index in [-0.39, 0.29) is 0 Å². The number of carbonyl (C=O) groups is 2. The van der Waals surface area contributed by atoms with Gasteiger partial charge >= 0.3 is 12.2 Å². The third-order valence-electron chi connectivity index (χ3n) is 4.89. The highest BCUT2D eigenvalue weighted by Gasteiger charge is 2.49. The van der Waals surface area contributed by atoms with E-state index >= 15 is 0 Å². The van der Waals surface area contributed by atoms with Gasteiger partial charge in [-0.3, -0.25) is 0 Å². The summed E-state index contributed by atoms with van der Waals surface area (Å²) in [5.74, 6) is 0. The third-order valence-corrected chi connectivity index (χ3v) is 5.38. The summed E-state index contributed by atoms with van der Waals surface area (Å²) in [5.41, 5.74) is 0.996. The smallest absolute Gasteiger partial charge is 0.410 e. The normalized spacial score (nSPS) is 15.5. The Balaban J connectivity index is 1.89. The predicted molar refractivity (Wildman–Crippen MR) is 128 cm³/mol. The Kier molecular flexibility index (Phi) is 6.61. The van der Waals surface area contributed by atoms with E-state index in [4.69, 9.17) is 9.47 Å². The Bertz CT molecular complexity index is 1000. The number of rotatable bonds is 3. The van der Waals surface area contributed by atoms with Crippen molar-refractivity contribution in [2.45, 2.75) is 58.3 Å². The largest absolute Gasteiger partial charge is 0.444 e. The summed E-state index contributed by atoms with van der Waals surface area (Å²) in [6, 6.07) is 16.0. The number of halogens is 1. The summed E-state index contributed by atoms with van der Waals surface area (Å²) in [7, 11) is 0. The van der Waals surface area contributed by atoms with Crippen LogP contribution in [0.5, 0.6) is 0 Å². The molecule has 2 aromatic rings. The molecule has 0 bridgehead atoms. The van der Waals surface area contributed by atoms with Gasteiger partial charge in [0, 0.05) is 4.47 Å². The summed E-state index contributed by atoms with van der Waals surface area (Å²) in [4.78, 5) is 26.8. The van der Waals surface area contributed by atoms with Gasteiger partial charge in [0.1, 0.15) is 16.7 Å². The topological polar surface area (TPSA) is 67.9 Å². The van der Waals surface area contributed by atoms with Crippen LogP contribution in [0, 0.1) is 0 Å². The predicted octanol–water partition coefficient (Wildman–Crippen LogP) is 6.09. The van der Waals surface area contributed by atoms with E-state index < -0.39 is 28.9 Å². The van der Waals surface area contributed by atoms with Crippen molar-refractivity contribution in [3.63, 3.8) is 0 Å². The van der Waals surface area contributed by atoms with Crippen LogP contribution in [0.1, 0.15) is 47.1 Å². The second-order valence-corrected chi connectivity index (χ2v) is 11.1. The highest BCUT2D eigenvalue weighted by Crippen LogP contribution is 2.36. The van der Waals surface area contributed by atoms with Crippen LogP contribution in [0.15, 0.2) is 53.0 Å². The molecule has 0 saturated carbocycles. The number of nitrogens with zero attached hydrogens (tertiary/aromatic N) is 1. The second-order valence-electron chi connectivity index (χ2n) is 10.1. The maximum absolute atomic E-state index is 12.7. The molecule has 172 valence electrons. The zero-order valence-electron chi connectivity index (χ0n) is 19.5. The fourth-order valence-electron chi connectivity index (χ4n) is 3.56. The Labute approximate surface area is 198 Å². The van der Waals surface area contributed by atoms with Crippen LogP contribution >= 0.6 is 15.9 Å². The first-order chi connectivity index (χ1) is 14.8. The minimum Gasteiger partial charge on any atom is -0.444 e. The van der Waals surface area contributed by atoms with E-state index in [1.165, 1.54) is 0 Å². The highest BCUT2D eigenvalue weighted by atomic mass is 79.9. The molecule has 1 aliphatic heterocycles. The lowest BCUT2D eigenvalue weighted by molar-refractivity contribution is -0.0229. The van der Waals surface area contributed by atoms with Crippen molar-refractivity contribution in [3.05, 3.63) is 58.6 Å². The third kappa shape index (κ3) is 6.03. The van der Waals surface area contributed by atoms with Crippen molar-refractivity contribution < 1.29 is 19.1 Å². The number of ether oxygens (including phenoxy) is 2. The Morgan fingerprint density at radius 1 is 0.906 bits per heavy atom. The maximum Gasteiger partial charge on any atom is 0.410 e. The molecule has 0 aliphatic carbocycles. The molecule has 2 aromatic carbocycles. The van der Waals surface area contributed by atoms with Crippen LogP contribution in [-0.2, 0) is 15.0 Å². The zero-order valence-corrected chi connectivity index (χ0v) is 21.1. The van der Waals surface area contributed by atoms with Gasteiger partial charge in [-0.05, 0) is 76.4 Å². The first-order valence-corrected chi connectivity index (χ1v) is 11.4. The Morgan fingerprint density at radius 2 is 1.47 bits per heavy atom. The lowest BCUT2D eigenvalue weighted by atomic mass is 9.81. The molecule has 0 aromatic heterocycles. The zero-order chi connectivity index (χ0) is 23.7. The molecule has 7 heteroatoms. The number of benzene rings is 2. The monoisotopic (exact) mass is 502 g/mol. The van der Waals surface area contributed by atoms with E-state index in [0.29, 0.717) is 13.1 Å². The summed E-state index contributed by atoms with van der Waals surface area (Å²) in [6.07, 6.45) is -0.920. The molecule has 1 aliphatic rings. The molecular weight excluding hydrogens is 472 g/mol. The molecule has 1 heterocycles. The van der Waals surface area contributed by atoms with Gasteiger partial charge in [0.15, 0.2) is 0 Å². The van der Waals surface area contributed by atoms with Crippen LogP contribution < -0.4 is 5.32 Å². The lowest BCUT2D eigenvalue weighted by Crippen LogP contribution is -2.69. The minimum atomic E-state index is -0.763. The minimum absolute atomic E-state index is 0.295. The molecule has 2 amide bonds. The first kappa shape index (κ1) is 24.1. The summed E-state index contributed by atoms with van der Waals surface area (Å²) in [6.45, 7) is 11.5. The SMILES string of the molecule is CC(C)(C)OC(=O)NC1(c2cccc(-c3cccc(Br)c3)c2)CN(C(=O)OC(C)(C)C)C1. The number of hydrogen-bond donors (Lipinski definition) is 1. The van der Waals surface area contributed by atoms with Gasteiger partial charge in [-0.2, -0.15) is 0 Å². The van der Waals surface area contributed by atoms with E-state index in [9.17, 15) is 9.59 Å². The van der Waals surface area contributed by atoms with Gasteiger partial charge in [0.2, 0.25) is 0 Å². The van der Waals surface area contributed by atoms with Crippen LogP contribution in [0.25, 0.3) is 11.1 Å². The van der Waals surface area contributed by atoms with Gasteiger partial charge in [0.25, 0.3) is 0 Å². The number of nitrogens with one attached hydrogen (secondary N) is 1. The molecule has 0 spiro atoms. The number of carbonyl (C=O) groups excluding carboxylic acids is 2. The van der Waals surface area contributed by atoms with Gasteiger partial charge in [-0.1, -0.05) is 46.3 Å². The van der Waals surface area contributed by atoms with E-state index in [2.05, 4.69) is 21.2 Å². The van der Waals surface area contributed by atoms with Crippen LogP contribution in [0.4, 0.5) is 9.59 Å². The van der Waals surface area contributed by atoms with E-state index in [1.807, 2.05) is 90.1 Å². The van der Waals surface area contributed by atoms with Crippen molar-refractivity contribution >= 4 is 28.1 Å². The molecule has 0 unspecified atom stereocenters. The van der Waals surface area contributed by atoms with Gasteiger partial charge in [0.05, 0.1) is 13.1 Å². The summed E-state index contributed by atoms with van der Waals surface area (Å²) < 4.78 is 12.0. The fraction of sp³-hybridized carbons (Fsp3) is 0.440. The van der Waals surface area contributed by atoms with E-state index in [1.54, 1.807) is 4.90 Å². The number of likely N-dealkylation sites (tertiary alicyclic amines) is 1. The molecule has 0 atom stereocenters. The summed E-state index contributed by atoms with van der Waals surface area (Å²) >= 11 is 3.52. The Hall–Kier alpha value is -2.54. The standard InChI is InChI=1S/C25H31BrN2O4/c1-23(2,3)31-21(29)27-25(15-28(16-25)22(30)32-24(4,5)6)19-11-7-9-17(13-19)18-10-8-12-20(26)14-18/h7-14H,15-16H2,1-6H3,(H,27,29). The molecule has 0 radical (unpaired) electrons. The first-order valence-electron chi connectivity index (χ1n) is 10.6. The van der Waals surface area contributed by atoms with Crippen molar-refractivity contribution in [3.8, 4) is 11.1 Å². The number of alkyl carbamates (subject to hydrolysis) is 1. The quantitative estimate of drug-likeness (QED) is 0.551. The molecule has 3 rings (SSSR count). The maximum atomic E-state index is 12.7. The van der Waals surface area contributed by atoms with Crippen LogP contribution in [0.3, 0.4) is 0 Å². The summed E-state index contributed by atoms with van der Waals surface area (Å²) in [5, 5.41) is 3.02. The van der Waals surface area contributed by atoms with Crippen molar-refractivity contribution in [2.75, 3.05) is 13.1 Å². The fourth-order valence-corrected chi connectivity index (χ4v) is 3.96. The van der Waals surface area contributed by atoms with E-state index in [0.717, 1.165) is 21.2 Å². The average Bonchev–Trinajstić information content (AvgIpc) is 2.61. The lowest BCUT2D eigenvalue weighted by Gasteiger charge is -2.50. The highest BCUT2D eigenvalue weighted by molar-refractivity contribution is 9.10. The molecule has 1 saturated heterocycles. The molecule has 1 fully saturated rings. The average molecular weight is 503 g/mol. The van der Waals surface area contributed by atoms with Crippen LogP contribution in [0.2, 0.25) is 0 Å².